The van der Waals surface area contributed by atoms with Crippen molar-refractivity contribution in [2.24, 2.45) is 4.99 Å². The van der Waals surface area contributed by atoms with E-state index in [-0.39, 0.29) is 42.5 Å². The zero-order valence-electron chi connectivity index (χ0n) is 20.5. The molecule has 9 heteroatoms. The molecule has 2 atom stereocenters. The number of nitrogens with one attached hydrogen (secondary N) is 2. The molecule has 3 rings (SSSR count). The van der Waals surface area contributed by atoms with Crippen LogP contribution in [0.5, 0.6) is 5.75 Å². The first-order valence-electron chi connectivity index (χ1n) is 11.9. The summed E-state index contributed by atoms with van der Waals surface area (Å²) in [5.74, 6) is 1.62. The van der Waals surface area contributed by atoms with Crippen LogP contribution in [0, 0.1) is 0 Å². The number of guanidine groups is 1. The molecule has 33 heavy (non-hydrogen) atoms. The van der Waals surface area contributed by atoms with Crippen molar-refractivity contribution in [3.63, 3.8) is 0 Å². The molecule has 2 aliphatic rings. The average molecular weight is 573 g/mol. The van der Waals surface area contributed by atoms with E-state index >= 15 is 0 Å². The predicted molar refractivity (Wildman–Crippen MR) is 146 cm³/mol. The molecule has 0 spiro atoms. The van der Waals surface area contributed by atoms with Gasteiger partial charge in [-0.25, -0.2) is 4.99 Å². The van der Waals surface area contributed by atoms with Gasteiger partial charge in [-0.1, -0.05) is 13.0 Å². The number of methoxy groups -OCH3 is 1. The van der Waals surface area contributed by atoms with Crippen LogP contribution < -0.4 is 20.3 Å². The van der Waals surface area contributed by atoms with Gasteiger partial charge in [0.2, 0.25) is 5.91 Å². The first-order chi connectivity index (χ1) is 15.5. The second-order valence-corrected chi connectivity index (χ2v) is 8.89. The van der Waals surface area contributed by atoms with Gasteiger partial charge >= 0.3 is 0 Å². The molecule has 2 saturated heterocycles. The van der Waals surface area contributed by atoms with E-state index in [1.807, 2.05) is 12.1 Å². The Hall–Kier alpha value is -1.75. The van der Waals surface area contributed by atoms with Crippen molar-refractivity contribution in [2.75, 3.05) is 65.4 Å². The lowest BCUT2D eigenvalue weighted by Gasteiger charge is -2.36. The number of hydrogen-bond acceptors (Lipinski definition) is 5. The number of ether oxygens (including phenoxy) is 1. The van der Waals surface area contributed by atoms with E-state index in [2.05, 4.69) is 44.5 Å². The molecule has 1 aromatic carbocycles. The summed E-state index contributed by atoms with van der Waals surface area (Å²) in [5, 5.41) is 7.14. The summed E-state index contributed by atoms with van der Waals surface area (Å²) in [7, 11) is 5.24. The molecule has 2 unspecified atom stereocenters. The van der Waals surface area contributed by atoms with E-state index in [0.29, 0.717) is 6.04 Å². The third-order valence-electron chi connectivity index (χ3n) is 6.46. The Morgan fingerprint density at radius 1 is 1.24 bits per heavy atom. The molecule has 0 bridgehead atoms. The number of nitrogens with zero attached hydrogens (tertiary/aromatic N) is 4. The quantitative estimate of drug-likeness (QED) is 0.283. The summed E-state index contributed by atoms with van der Waals surface area (Å²) in [5.41, 5.74) is 1.18. The second-order valence-electron chi connectivity index (χ2n) is 8.89. The fourth-order valence-corrected chi connectivity index (χ4v) is 4.53. The number of halogens is 1. The van der Waals surface area contributed by atoms with Crippen LogP contribution in [0.15, 0.2) is 29.3 Å². The second kappa shape index (κ2) is 13.8. The monoisotopic (exact) mass is 572 g/mol. The average Bonchev–Trinajstić information content (AvgIpc) is 3.28. The van der Waals surface area contributed by atoms with Gasteiger partial charge in [0.15, 0.2) is 5.96 Å². The molecule has 0 saturated carbocycles. The minimum Gasteiger partial charge on any atom is -0.497 e. The number of hydrogen-bond donors (Lipinski definition) is 2. The van der Waals surface area contributed by atoms with Crippen LogP contribution in [0.2, 0.25) is 0 Å². The molecule has 1 amide bonds. The molecule has 2 aliphatic heterocycles. The van der Waals surface area contributed by atoms with Crippen molar-refractivity contribution in [1.29, 1.82) is 0 Å². The van der Waals surface area contributed by atoms with E-state index in [0.717, 1.165) is 50.7 Å². The Morgan fingerprint density at radius 2 is 2.03 bits per heavy atom. The normalized spacial score (nSPS) is 21.3. The highest BCUT2D eigenvalue weighted by molar-refractivity contribution is 14.0. The summed E-state index contributed by atoms with van der Waals surface area (Å²) in [6, 6.07) is 9.02. The number of piperidine rings is 1. The number of anilines is 1. The Labute approximate surface area is 216 Å². The van der Waals surface area contributed by atoms with Gasteiger partial charge in [-0.3, -0.25) is 9.69 Å². The number of carbonyl (C=O) groups excluding carboxylic acids is 1. The van der Waals surface area contributed by atoms with Crippen molar-refractivity contribution in [3.8, 4) is 5.75 Å². The van der Waals surface area contributed by atoms with Crippen LogP contribution in [0.1, 0.15) is 32.6 Å². The van der Waals surface area contributed by atoms with Crippen LogP contribution in [0.25, 0.3) is 0 Å². The predicted octanol–water partition coefficient (Wildman–Crippen LogP) is 2.39. The van der Waals surface area contributed by atoms with E-state index in [1.165, 1.54) is 25.1 Å². The van der Waals surface area contributed by atoms with Gasteiger partial charge in [0, 0.05) is 57.6 Å². The maximum atomic E-state index is 12.1. The van der Waals surface area contributed by atoms with Gasteiger partial charge in [0.1, 0.15) is 12.3 Å². The molecule has 0 aromatic heterocycles. The first-order valence-corrected chi connectivity index (χ1v) is 11.9. The Balaban J connectivity index is 0.00000385. The molecule has 186 valence electrons. The number of likely N-dealkylation sites (N-methyl/N-ethyl adjacent to an activating group) is 2. The maximum absolute atomic E-state index is 12.1. The molecule has 0 aliphatic carbocycles. The summed E-state index contributed by atoms with van der Waals surface area (Å²) < 4.78 is 5.40. The van der Waals surface area contributed by atoms with E-state index in [4.69, 9.17) is 4.74 Å². The fraction of sp³-hybridized carbons (Fsp3) is 0.667. The van der Waals surface area contributed by atoms with Crippen LogP contribution in [0.4, 0.5) is 5.69 Å². The number of aliphatic imine (C=N–C) groups is 1. The molecular formula is C24H41IN6O2. The molecule has 2 fully saturated rings. The van der Waals surface area contributed by atoms with Crippen LogP contribution >= 0.6 is 24.0 Å². The van der Waals surface area contributed by atoms with Gasteiger partial charge in [0.25, 0.3) is 0 Å². The molecule has 2 heterocycles. The van der Waals surface area contributed by atoms with Crippen molar-refractivity contribution in [3.05, 3.63) is 24.3 Å². The molecule has 1 aromatic rings. The fourth-order valence-electron chi connectivity index (χ4n) is 4.53. The Bertz CT molecular complexity index is 775. The third-order valence-corrected chi connectivity index (χ3v) is 6.46. The van der Waals surface area contributed by atoms with Crippen LogP contribution in [-0.2, 0) is 4.79 Å². The zero-order chi connectivity index (χ0) is 22.9. The Kier molecular flexibility index (Phi) is 11.5. The summed E-state index contributed by atoms with van der Waals surface area (Å²) in [6.45, 7) is 7.37. The van der Waals surface area contributed by atoms with Crippen molar-refractivity contribution >= 4 is 41.5 Å². The highest BCUT2D eigenvalue weighted by Gasteiger charge is 2.25. The van der Waals surface area contributed by atoms with E-state index in [1.54, 1.807) is 26.1 Å². The summed E-state index contributed by atoms with van der Waals surface area (Å²) >= 11 is 0. The van der Waals surface area contributed by atoms with E-state index in [9.17, 15) is 4.79 Å². The molecule has 8 nitrogen and oxygen atoms in total. The lowest BCUT2D eigenvalue weighted by Crippen LogP contribution is -2.53. The van der Waals surface area contributed by atoms with Gasteiger partial charge in [-0.2, -0.15) is 0 Å². The smallest absolute Gasteiger partial charge is 0.243 e. The number of amides is 1. The molecular weight excluding hydrogens is 531 g/mol. The lowest BCUT2D eigenvalue weighted by molar-refractivity contribution is -0.127. The molecule has 0 radical (unpaired) electrons. The zero-order valence-corrected chi connectivity index (χ0v) is 22.9. The highest BCUT2D eigenvalue weighted by Crippen LogP contribution is 2.24. The minimum absolute atomic E-state index is 0. The van der Waals surface area contributed by atoms with E-state index < -0.39 is 0 Å². The number of benzene rings is 1. The number of rotatable bonds is 8. The summed E-state index contributed by atoms with van der Waals surface area (Å²) in [4.78, 5) is 23.2. The van der Waals surface area contributed by atoms with Gasteiger partial charge in [-0.15, -0.1) is 24.0 Å². The molecule has 2 N–H and O–H groups in total. The van der Waals surface area contributed by atoms with Gasteiger partial charge < -0.3 is 25.2 Å². The highest BCUT2D eigenvalue weighted by atomic mass is 127. The Morgan fingerprint density at radius 3 is 2.76 bits per heavy atom. The maximum Gasteiger partial charge on any atom is 0.243 e. The van der Waals surface area contributed by atoms with Crippen LogP contribution in [0.3, 0.4) is 0 Å². The minimum atomic E-state index is 0. The standard InChI is InChI=1S/C24H40N6O2.HI/c1-5-29-13-8-11-21(29)16-25-24(26-17-23(31)28(2)3)27-19-9-7-14-30(18-19)20-10-6-12-22(15-20)32-4;/h6,10,12,15,19,21H,5,7-9,11,13-14,16-18H2,1-4H3,(H2,25,26,27);1H. The third kappa shape index (κ3) is 8.20. The number of carbonyl (C=O) groups is 1. The largest absolute Gasteiger partial charge is 0.497 e. The number of likely N-dealkylation sites (tertiary alicyclic amines) is 1. The van der Waals surface area contributed by atoms with Crippen molar-refractivity contribution in [1.82, 2.24) is 20.4 Å². The van der Waals surface area contributed by atoms with Crippen molar-refractivity contribution in [2.45, 2.75) is 44.7 Å². The van der Waals surface area contributed by atoms with Crippen LogP contribution in [-0.4, -0.2) is 94.2 Å². The SMILES string of the molecule is CCN1CCCC1CNC(=NCC(=O)N(C)C)NC1CCCN(c2cccc(OC)c2)C1.I. The van der Waals surface area contributed by atoms with Crippen molar-refractivity contribution < 1.29 is 9.53 Å². The topological polar surface area (TPSA) is 72.4 Å². The van der Waals surface area contributed by atoms with Gasteiger partial charge in [-0.05, 0) is 50.9 Å². The lowest BCUT2D eigenvalue weighted by atomic mass is 10.0. The van der Waals surface area contributed by atoms with Gasteiger partial charge in [0.05, 0.1) is 7.11 Å². The summed E-state index contributed by atoms with van der Waals surface area (Å²) in [6.07, 6.45) is 4.63. The first kappa shape index (κ1) is 27.5.